The first kappa shape index (κ1) is 13.5. The van der Waals surface area contributed by atoms with Gasteiger partial charge in [-0.1, -0.05) is 0 Å². The van der Waals surface area contributed by atoms with Gasteiger partial charge in [-0.3, -0.25) is 0 Å². The highest BCUT2D eigenvalue weighted by molar-refractivity contribution is 5.68. The molecule has 2 aliphatic rings. The van der Waals surface area contributed by atoms with Crippen molar-refractivity contribution in [2.45, 2.75) is 31.5 Å². The fraction of sp³-hybridized carbons (Fsp3) is 0.909. The summed E-state index contributed by atoms with van der Waals surface area (Å²) in [6.45, 7) is -0.124. The number of rotatable bonds is 4. The van der Waals surface area contributed by atoms with E-state index in [0.717, 1.165) is 0 Å². The lowest BCUT2D eigenvalue weighted by molar-refractivity contribution is -0.162. The minimum atomic E-state index is -4.47. The van der Waals surface area contributed by atoms with Gasteiger partial charge < -0.3 is 14.4 Å². The third-order valence-corrected chi connectivity index (χ3v) is 3.03. The molecule has 4 nitrogen and oxygen atoms in total. The van der Waals surface area contributed by atoms with Gasteiger partial charge >= 0.3 is 12.3 Å². The van der Waals surface area contributed by atoms with Gasteiger partial charge in [-0.25, -0.2) is 4.79 Å². The van der Waals surface area contributed by atoms with Crippen molar-refractivity contribution in [3.05, 3.63) is 0 Å². The molecule has 1 atom stereocenters. The number of alkyl halides is 3. The topological polar surface area (TPSA) is 38.8 Å². The first-order valence-corrected chi connectivity index (χ1v) is 6.04. The van der Waals surface area contributed by atoms with Crippen LogP contribution >= 0.6 is 0 Å². The molecule has 1 aliphatic heterocycles. The van der Waals surface area contributed by atoms with Crippen LogP contribution in [0, 0.1) is 5.92 Å². The monoisotopic (exact) mass is 267 g/mol. The fourth-order valence-corrected chi connectivity index (χ4v) is 1.82. The molecule has 0 bridgehead atoms. The average Bonchev–Trinajstić information content (AvgIpc) is 3.00. The van der Waals surface area contributed by atoms with Crippen molar-refractivity contribution in [3.63, 3.8) is 0 Å². The van der Waals surface area contributed by atoms with Crippen molar-refractivity contribution in [2.24, 2.45) is 5.92 Å². The maximum absolute atomic E-state index is 11.9. The highest BCUT2D eigenvalue weighted by atomic mass is 19.4. The van der Waals surface area contributed by atoms with Crippen molar-refractivity contribution in [1.82, 2.24) is 4.90 Å². The molecule has 0 unspecified atom stereocenters. The Kier molecular flexibility index (Phi) is 3.99. The molecule has 0 aromatic carbocycles. The number of likely N-dealkylation sites (tertiary alicyclic amines) is 1. The summed E-state index contributed by atoms with van der Waals surface area (Å²) in [6, 6.07) is 0. The maximum Gasteiger partial charge on any atom is 0.422 e. The van der Waals surface area contributed by atoms with E-state index in [0.29, 0.717) is 32.0 Å². The van der Waals surface area contributed by atoms with Gasteiger partial charge in [-0.2, -0.15) is 13.2 Å². The van der Waals surface area contributed by atoms with Gasteiger partial charge in [0.25, 0.3) is 0 Å². The second kappa shape index (κ2) is 5.34. The molecule has 104 valence electrons. The molecule has 0 N–H and O–H groups in total. The number of nitrogens with zero attached hydrogens (tertiary/aromatic N) is 1. The number of carbonyl (C=O) groups is 1. The van der Waals surface area contributed by atoms with E-state index >= 15 is 0 Å². The van der Waals surface area contributed by atoms with E-state index in [9.17, 15) is 18.0 Å². The van der Waals surface area contributed by atoms with Crippen molar-refractivity contribution < 1.29 is 27.4 Å². The second-order valence-electron chi connectivity index (χ2n) is 4.80. The van der Waals surface area contributed by atoms with Gasteiger partial charge in [-0.15, -0.1) is 0 Å². The summed E-state index contributed by atoms with van der Waals surface area (Å²) < 4.78 is 45.4. The molecule has 2 rings (SSSR count). The summed E-state index contributed by atoms with van der Waals surface area (Å²) in [4.78, 5) is 12.6. The summed E-state index contributed by atoms with van der Waals surface area (Å²) in [5.74, 6) is 0.635. The highest BCUT2D eigenvalue weighted by Crippen LogP contribution is 2.30. The third-order valence-electron chi connectivity index (χ3n) is 3.03. The van der Waals surface area contributed by atoms with Crippen LogP contribution in [0.4, 0.5) is 18.0 Å². The van der Waals surface area contributed by atoms with E-state index in [4.69, 9.17) is 4.74 Å². The van der Waals surface area contributed by atoms with Crippen LogP contribution in [0.2, 0.25) is 0 Å². The molecule has 1 heterocycles. The fourth-order valence-electron chi connectivity index (χ4n) is 1.82. The molecule has 2 fully saturated rings. The predicted octanol–water partition coefficient (Wildman–Crippen LogP) is 2.19. The Labute approximate surface area is 103 Å². The van der Waals surface area contributed by atoms with Gasteiger partial charge in [0.15, 0.2) is 6.61 Å². The molecule has 18 heavy (non-hydrogen) atoms. The molecule has 7 heteroatoms. The zero-order valence-corrected chi connectivity index (χ0v) is 9.91. The molecule has 0 aromatic heterocycles. The molecule has 1 saturated heterocycles. The maximum atomic E-state index is 11.9. The summed E-state index contributed by atoms with van der Waals surface area (Å²) in [5, 5.41) is 0. The Morgan fingerprint density at radius 1 is 1.28 bits per heavy atom. The average molecular weight is 267 g/mol. The lowest BCUT2D eigenvalue weighted by Gasteiger charge is -2.17. The Morgan fingerprint density at radius 2 is 2.00 bits per heavy atom. The van der Waals surface area contributed by atoms with Crippen molar-refractivity contribution in [1.29, 1.82) is 0 Å². The largest absolute Gasteiger partial charge is 0.440 e. The van der Waals surface area contributed by atoms with Crippen LogP contribution in [-0.2, 0) is 9.47 Å². The van der Waals surface area contributed by atoms with Crippen LogP contribution in [-0.4, -0.2) is 49.6 Å². The van der Waals surface area contributed by atoms with Crippen molar-refractivity contribution in [2.75, 3.05) is 26.3 Å². The normalized spacial score (nSPS) is 24.4. The van der Waals surface area contributed by atoms with E-state index in [1.165, 1.54) is 17.7 Å². The number of amides is 1. The van der Waals surface area contributed by atoms with E-state index < -0.39 is 18.9 Å². The summed E-state index contributed by atoms with van der Waals surface area (Å²) in [7, 11) is 0. The minimum Gasteiger partial charge on any atom is -0.440 e. The summed E-state index contributed by atoms with van der Waals surface area (Å²) in [5.41, 5.74) is 0. The van der Waals surface area contributed by atoms with Crippen LogP contribution in [0.1, 0.15) is 19.3 Å². The molecule has 1 amide bonds. The number of ether oxygens (including phenoxy) is 2. The molecular weight excluding hydrogens is 251 g/mol. The predicted molar refractivity (Wildman–Crippen MR) is 56.1 cm³/mol. The van der Waals surface area contributed by atoms with Gasteiger partial charge in [-0.05, 0) is 25.2 Å². The van der Waals surface area contributed by atoms with Gasteiger partial charge in [0.1, 0.15) is 0 Å². The zero-order valence-electron chi connectivity index (χ0n) is 9.91. The molecule has 0 aromatic rings. The first-order valence-electron chi connectivity index (χ1n) is 6.04. The summed E-state index contributed by atoms with van der Waals surface area (Å²) in [6.07, 6.45) is -2.42. The van der Waals surface area contributed by atoms with E-state index in [1.807, 2.05) is 0 Å². The lowest BCUT2D eigenvalue weighted by atomic mass is 10.3. The third kappa shape index (κ3) is 4.36. The van der Waals surface area contributed by atoms with Crippen LogP contribution in [0.5, 0.6) is 0 Å². The van der Waals surface area contributed by atoms with Gasteiger partial charge in [0.05, 0.1) is 12.6 Å². The Morgan fingerprint density at radius 3 is 2.61 bits per heavy atom. The first-order chi connectivity index (χ1) is 8.44. The number of halogens is 3. The van der Waals surface area contributed by atoms with Crippen molar-refractivity contribution >= 4 is 6.09 Å². The molecular formula is C11H16F3NO3. The minimum absolute atomic E-state index is 0.0657. The van der Waals surface area contributed by atoms with Gasteiger partial charge in [0.2, 0.25) is 0 Å². The van der Waals surface area contributed by atoms with Gasteiger partial charge in [0, 0.05) is 13.2 Å². The zero-order chi connectivity index (χ0) is 13.2. The number of hydrogen-bond donors (Lipinski definition) is 0. The van der Waals surface area contributed by atoms with Crippen LogP contribution < -0.4 is 0 Å². The second-order valence-corrected chi connectivity index (χ2v) is 4.80. The molecule has 0 radical (unpaired) electrons. The standard InChI is InChI=1S/C11H16F3NO3/c12-11(13,14)7-18-10(16)15-4-3-9(5-15)17-6-8-1-2-8/h8-9H,1-7H2/t9-/m1/s1. The number of carbonyl (C=O) groups excluding carboxylic acids is 1. The SMILES string of the molecule is O=C(OCC(F)(F)F)N1CC[C@@H](OCC2CC2)C1. The Balaban J connectivity index is 1.65. The highest BCUT2D eigenvalue weighted by Gasteiger charge is 2.33. The lowest BCUT2D eigenvalue weighted by Crippen LogP contribution is -2.33. The van der Waals surface area contributed by atoms with Crippen LogP contribution in [0.15, 0.2) is 0 Å². The molecule has 1 saturated carbocycles. The van der Waals surface area contributed by atoms with E-state index in [-0.39, 0.29) is 6.10 Å². The van der Waals surface area contributed by atoms with E-state index in [2.05, 4.69) is 4.74 Å². The molecule has 1 aliphatic carbocycles. The quantitative estimate of drug-likeness (QED) is 0.783. The van der Waals surface area contributed by atoms with Crippen molar-refractivity contribution in [3.8, 4) is 0 Å². The van der Waals surface area contributed by atoms with Crippen LogP contribution in [0.3, 0.4) is 0 Å². The van der Waals surface area contributed by atoms with Crippen LogP contribution in [0.25, 0.3) is 0 Å². The Hall–Kier alpha value is -0.980. The summed E-state index contributed by atoms with van der Waals surface area (Å²) >= 11 is 0. The number of hydrogen-bond acceptors (Lipinski definition) is 3. The van der Waals surface area contributed by atoms with E-state index in [1.54, 1.807) is 0 Å². The Bertz CT molecular complexity index is 304. The molecule has 0 spiro atoms. The smallest absolute Gasteiger partial charge is 0.422 e.